The molecule has 0 saturated heterocycles. The van der Waals surface area contributed by atoms with E-state index >= 15 is 0 Å². The fourth-order valence-electron chi connectivity index (χ4n) is 1.81. The van der Waals surface area contributed by atoms with Crippen LogP contribution in [0.15, 0.2) is 60.7 Å². The molecule has 0 fully saturated rings. The zero-order valence-corrected chi connectivity index (χ0v) is 13.2. The minimum absolute atomic E-state index is 0.191. The Balaban J connectivity index is 1.71. The molecule has 2 rings (SSSR count). The lowest BCUT2D eigenvalue weighted by molar-refractivity contribution is -0.124. The first-order valence-corrected chi connectivity index (χ1v) is 7.40. The van der Waals surface area contributed by atoms with Gasteiger partial charge in [-0.1, -0.05) is 30.3 Å². The van der Waals surface area contributed by atoms with Gasteiger partial charge in [-0.3, -0.25) is 25.2 Å². The van der Waals surface area contributed by atoms with E-state index in [2.05, 4.69) is 16.2 Å². The summed E-state index contributed by atoms with van der Waals surface area (Å²) < 4.78 is 12.8. The molecule has 3 N–H and O–H groups in total. The van der Waals surface area contributed by atoms with Crippen molar-refractivity contribution in [3.8, 4) is 0 Å². The van der Waals surface area contributed by atoms with Crippen LogP contribution < -0.4 is 16.2 Å². The summed E-state index contributed by atoms with van der Waals surface area (Å²) in [7, 11) is 0. The standard InChI is InChI=1S/C18H16FN3O3/c19-15-9-7-14(8-10-15)18(25)22-21-17(24)12-20-16(23)11-6-13-4-2-1-3-5-13/h1-11H,12H2,(H,20,23)(H,21,24)(H,22,25)/b11-6+. The number of carbonyl (C=O) groups is 3. The van der Waals surface area contributed by atoms with Crippen LogP contribution in [0.25, 0.3) is 6.08 Å². The average Bonchev–Trinajstić information content (AvgIpc) is 2.64. The fourth-order valence-corrected chi connectivity index (χ4v) is 1.81. The number of hydrogen-bond acceptors (Lipinski definition) is 3. The maximum absolute atomic E-state index is 12.8. The van der Waals surface area contributed by atoms with Gasteiger partial charge in [0, 0.05) is 11.6 Å². The quantitative estimate of drug-likeness (QED) is 0.568. The predicted molar refractivity (Wildman–Crippen MR) is 90.5 cm³/mol. The molecule has 2 aromatic carbocycles. The summed E-state index contributed by atoms with van der Waals surface area (Å²) >= 11 is 0. The first-order chi connectivity index (χ1) is 12.0. The summed E-state index contributed by atoms with van der Waals surface area (Å²) in [5, 5.41) is 2.38. The van der Waals surface area contributed by atoms with Gasteiger partial charge >= 0.3 is 0 Å². The van der Waals surface area contributed by atoms with Crippen LogP contribution in [0.1, 0.15) is 15.9 Å². The van der Waals surface area contributed by atoms with Crippen molar-refractivity contribution < 1.29 is 18.8 Å². The molecule has 2 aromatic rings. The van der Waals surface area contributed by atoms with Crippen molar-refractivity contribution in [1.82, 2.24) is 16.2 Å². The monoisotopic (exact) mass is 341 g/mol. The molecule has 0 spiro atoms. The molecule has 0 aromatic heterocycles. The number of rotatable bonds is 5. The highest BCUT2D eigenvalue weighted by atomic mass is 19.1. The first kappa shape index (κ1) is 17.9. The van der Waals surface area contributed by atoms with Gasteiger partial charge in [0.05, 0.1) is 6.54 Å². The second-order valence-corrected chi connectivity index (χ2v) is 4.97. The molecule has 0 atom stereocenters. The van der Waals surface area contributed by atoms with Crippen molar-refractivity contribution in [1.29, 1.82) is 0 Å². The van der Waals surface area contributed by atoms with Gasteiger partial charge in [-0.2, -0.15) is 0 Å². The van der Waals surface area contributed by atoms with Crippen LogP contribution in [0.2, 0.25) is 0 Å². The predicted octanol–water partition coefficient (Wildman–Crippen LogP) is 1.42. The molecule has 6 nitrogen and oxygen atoms in total. The van der Waals surface area contributed by atoms with Gasteiger partial charge in [0.1, 0.15) is 5.82 Å². The summed E-state index contributed by atoms with van der Waals surface area (Å²) in [5.41, 5.74) is 5.37. The summed E-state index contributed by atoms with van der Waals surface area (Å²) in [6.45, 7) is -0.304. The highest BCUT2D eigenvalue weighted by Gasteiger charge is 2.08. The second kappa shape index (κ2) is 8.97. The smallest absolute Gasteiger partial charge is 0.269 e. The highest BCUT2D eigenvalue weighted by Crippen LogP contribution is 2.02. The number of halogens is 1. The Kier molecular flexibility index (Phi) is 6.41. The zero-order valence-electron chi connectivity index (χ0n) is 13.2. The van der Waals surface area contributed by atoms with Crippen molar-refractivity contribution in [3.63, 3.8) is 0 Å². The number of amides is 3. The van der Waals surface area contributed by atoms with E-state index < -0.39 is 23.5 Å². The van der Waals surface area contributed by atoms with Crippen LogP contribution in [-0.2, 0) is 9.59 Å². The van der Waals surface area contributed by atoms with Crippen molar-refractivity contribution >= 4 is 23.8 Å². The Morgan fingerprint density at radius 2 is 1.60 bits per heavy atom. The molecule has 25 heavy (non-hydrogen) atoms. The number of carbonyl (C=O) groups excluding carboxylic acids is 3. The van der Waals surface area contributed by atoms with Gasteiger partial charge in [0.15, 0.2) is 0 Å². The lowest BCUT2D eigenvalue weighted by Gasteiger charge is -2.07. The normalized spacial score (nSPS) is 10.3. The van der Waals surface area contributed by atoms with Crippen LogP contribution >= 0.6 is 0 Å². The highest BCUT2D eigenvalue weighted by molar-refractivity contribution is 5.97. The summed E-state index contributed by atoms with van der Waals surface area (Å²) in [6.07, 6.45) is 2.92. The maximum atomic E-state index is 12.8. The topological polar surface area (TPSA) is 87.3 Å². The molecule has 0 aliphatic carbocycles. The van der Waals surface area contributed by atoms with Crippen LogP contribution in [0, 0.1) is 5.82 Å². The van der Waals surface area contributed by atoms with E-state index in [1.54, 1.807) is 6.08 Å². The lowest BCUT2D eigenvalue weighted by Crippen LogP contribution is -2.46. The number of nitrogens with one attached hydrogen (secondary N) is 3. The Hall–Kier alpha value is -3.48. The van der Waals surface area contributed by atoms with E-state index in [0.29, 0.717) is 0 Å². The van der Waals surface area contributed by atoms with Crippen LogP contribution in [0.5, 0.6) is 0 Å². The molecule has 7 heteroatoms. The Morgan fingerprint density at radius 3 is 2.28 bits per heavy atom. The van der Waals surface area contributed by atoms with Gasteiger partial charge < -0.3 is 5.32 Å². The summed E-state index contributed by atoms with van der Waals surface area (Å²) in [5.74, 6) is -2.10. The molecule has 0 radical (unpaired) electrons. The summed E-state index contributed by atoms with van der Waals surface area (Å²) in [4.78, 5) is 34.9. The maximum Gasteiger partial charge on any atom is 0.269 e. The van der Waals surface area contributed by atoms with Gasteiger partial charge in [-0.15, -0.1) is 0 Å². The minimum atomic E-state index is -0.600. The first-order valence-electron chi connectivity index (χ1n) is 7.40. The van der Waals surface area contributed by atoms with Crippen molar-refractivity contribution in [3.05, 3.63) is 77.6 Å². The molecule has 0 saturated carbocycles. The van der Waals surface area contributed by atoms with Crippen LogP contribution in [0.4, 0.5) is 4.39 Å². The van der Waals surface area contributed by atoms with Gasteiger partial charge in [-0.05, 0) is 35.9 Å². The second-order valence-electron chi connectivity index (χ2n) is 4.97. The van der Waals surface area contributed by atoms with Gasteiger partial charge in [0.25, 0.3) is 11.8 Å². The molecule has 3 amide bonds. The van der Waals surface area contributed by atoms with Crippen LogP contribution in [-0.4, -0.2) is 24.3 Å². The van der Waals surface area contributed by atoms with Crippen molar-refractivity contribution in [2.75, 3.05) is 6.54 Å². The number of hydrazine groups is 1. The fraction of sp³-hybridized carbons (Fsp3) is 0.0556. The van der Waals surface area contributed by atoms with E-state index in [-0.39, 0.29) is 12.1 Å². The Labute approximate surface area is 143 Å². The molecule has 0 heterocycles. The number of hydrogen-bond donors (Lipinski definition) is 3. The molecule has 128 valence electrons. The van der Waals surface area contributed by atoms with Crippen molar-refractivity contribution in [2.24, 2.45) is 0 Å². The lowest BCUT2D eigenvalue weighted by atomic mass is 10.2. The third kappa shape index (κ3) is 6.26. The van der Waals surface area contributed by atoms with E-state index in [1.807, 2.05) is 30.3 Å². The molecule has 0 aliphatic rings. The third-order valence-corrected chi connectivity index (χ3v) is 3.07. The van der Waals surface area contributed by atoms with Crippen molar-refractivity contribution in [2.45, 2.75) is 0 Å². The van der Waals surface area contributed by atoms with E-state index in [9.17, 15) is 18.8 Å². The minimum Gasteiger partial charge on any atom is -0.343 e. The van der Waals surface area contributed by atoms with Gasteiger partial charge in [0.2, 0.25) is 5.91 Å². The molecule has 0 aliphatic heterocycles. The molecular weight excluding hydrogens is 325 g/mol. The van der Waals surface area contributed by atoms with Gasteiger partial charge in [-0.25, -0.2) is 4.39 Å². The van der Waals surface area contributed by atoms with E-state index in [4.69, 9.17) is 0 Å². The Bertz CT molecular complexity index is 774. The summed E-state index contributed by atoms with van der Waals surface area (Å²) in [6, 6.07) is 14.1. The SMILES string of the molecule is O=C(/C=C/c1ccccc1)NCC(=O)NNC(=O)c1ccc(F)cc1. The Morgan fingerprint density at radius 1 is 0.920 bits per heavy atom. The average molecular weight is 341 g/mol. The van der Waals surface area contributed by atoms with E-state index in [0.717, 1.165) is 17.7 Å². The van der Waals surface area contributed by atoms with Crippen LogP contribution in [0.3, 0.4) is 0 Å². The molecule has 0 bridgehead atoms. The van der Waals surface area contributed by atoms with E-state index in [1.165, 1.54) is 18.2 Å². The number of benzene rings is 2. The largest absolute Gasteiger partial charge is 0.343 e. The third-order valence-electron chi connectivity index (χ3n) is 3.07. The zero-order chi connectivity index (χ0) is 18.1. The molecular formula is C18H16FN3O3. The molecule has 0 unspecified atom stereocenters.